The van der Waals surface area contributed by atoms with E-state index in [-0.39, 0.29) is 0 Å². The molecule has 0 spiro atoms. The van der Waals surface area contributed by atoms with Crippen molar-refractivity contribution in [2.45, 2.75) is 19.9 Å². The molecule has 25 heavy (non-hydrogen) atoms. The number of nitrogens with one attached hydrogen (secondary N) is 1. The Hall–Kier alpha value is -1.79. The average molecular weight is 349 g/mol. The number of para-hydroxylation sites is 1. The number of guanidine groups is 1. The lowest BCUT2D eigenvalue weighted by molar-refractivity contribution is 0.0536. The second-order valence-corrected chi connectivity index (χ2v) is 6.15. The van der Waals surface area contributed by atoms with E-state index in [4.69, 9.17) is 19.2 Å². The molecule has 1 aliphatic heterocycles. The van der Waals surface area contributed by atoms with Gasteiger partial charge in [0, 0.05) is 38.2 Å². The molecule has 2 rings (SSSR count). The second-order valence-electron chi connectivity index (χ2n) is 6.15. The molecule has 1 aliphatic rings. The van der Waals surface area contributed by atoms with E-state index in [2.05, 4.69) is 23.2 Å². The Morgan fingerprint density at radius 2 is 2.12 bits per heavy atom. The highest BCUT2D eigenvalue weighted by molar-refractivity contribution is 5.80. The van der Waals surface area contributed by atoms with Crippen molar-refractivity contribution >= 4 is 5.96 Å². The van der Waals surface area contributed by atoms with Crippen molar-refractivity contribution < 1.29 is 14.2 Å². The van der Waals surface area contributed by atoms with Crippen LogP contribution < -0.4 is 10.1 Å². The van der Waals surface area contributed by atoms with Crippen LogP contribution in [0.5, 0.6) is 5.75 Å². The summed E-state index contributed by atoms with van der Waals surface area (Å²) in [5.74, 6) is 2.40. The van der Waals surface area contributed by atoms with Gasteiger partial charge in [-0.15, -0.1) is 0 Å². The van der Waals surface area contributed by atoms with Crippen molar-refractivity contribution in [3.8, 4) is 5.75 Å². The molecule has 0 saturated carbocycles. The molecule has 1 N–H and O–H groups in total. The number of hydrogen-bond acceptors (Lipinski definition) is 4. The van der Waals surface area contributed by atoms with Crippen LogP contribution in [0, 0.1) is 5.92 Å². The van der Waals surface area contributed by atoms with Crippen molar-refractivity contribution in [3.63, 3.8) is 0 Å². The van der Waals surface area contributed by atoms with Gasteiger partial charge in [-0.25, -0.2) is 4.99 Å². The van der Waals surface area contributed by atoms with E-state index in [1.165, 1.54) is 0 Å². The summed E-state index contributed by atoms with van der Waals surface area (Å²) in [7, 11) is 3.39. The number of ether oxygens (including phenoxy) is 3. The fourth-order valence-corrected chi connectivity index (χ4v) is 2.97. The van der Waals surface area contributed by atoms with Crippen LogP contribution >= 0.6 is 0 Å². The van der Waals surface area contributed by atoms with Crippen LogP contribution in [-0.2, 0) is 16.0 Å². The number of nitrogens with zero attached hydrogens (tertiary/aromatic N) is 2. The summed E-state index contributed by atoms with van der Waals surface area (Å²) < 4.78 is 16.1. The smallest absolute Gasteiger partial charge is 0.194 e. The van der Waals surface area contributed by atoms with Crippen molar-refractivity contribution in [2.75, 3.05) is 53.7 Å². The van der Waals surface area contributed by atoms with E-state index < -0.39 is 0 Å². The zero-order valence-corrected chi connectivity index (χ0v) is 15.7. The van der Waals surface area contributed by atoms with Crippen LogP contribution in [0.3, 0.4) is 0 Å². The second kappa shape index (κ2) is 10.9. The maximum atomic E-state index is 5.68. The van der Waals surface area contributed by atoms with Gasteiger partial charge in [0.2, 0.25) is 0 Å². The number of benzene rings is 1. The van der Waals surface area contributed by atoms with Crippen molar-refractivity contribution in [2.24, 2.45) is 10.9 Å². The first-order valence-corrected chi connectivity index (χ1v) is 9.00. The van der Waals surface area contributed by atoms with E-state index in [0.717, 1.165) is 49.9 Å². The van der Waals surface area contributed by atoms with Gasteiger partial charge in [0.1, 0.15) is 5.75 Å². The largest absolute Gasteiger partial charge is 0.496 e. The molecule has 6 heteroatoms. The van der Waals surface area contributed by atoms with Gasteiger partial charge >= 0.3 is 0 Å². The number of aliphatic imine (C=N–C) groups is 1. The molecule has 140 valence electrons. The number of likely N-dealkylation sites (tertiary alicyclic amines) is 1. The summed E-state index contributed by atoms with van der Waals surface area (Å²) in [6, 6.07) is 8.03. The highest BCUT2D eigenvalue weighted by atomic mass is 16.5. The molecule has 0 aliphatic carbocycles. The zero-order chi connectivity index (χ0) is 17.9. The molecule has 0 bridgehead atoms. The van der Waals surface area contributed by atoms with Crippen LogP contribution in [0.4, 0.5) is 0 Å². The fourth-order valence-electron chi connectivity index (χ4n) is 2.97. The third-order valence-corrected chi connectivity index (χ3v) is 4.30. The van der Waals surface area contributed by atoms with E-state index in [1.807, 2.05) is 18.2 Å². The predicted molar refractivity (Wildman–Crippen MR) is 100 cm³/mol. The first kappa shape index (κ1) is 19.5. The molecule has 0 aromatic heterocycles. The van der Waals surface area contributed by atoms with Crippen LogP contribution in [0.1, 0.15) is 18.9 Å². The summed E-state index contributed by atoms with van der Waals surface area (Å²) >= 11 is 0. The monoisotopic (exact) mass is 349 g/mol. The molecule has 1 aromatic rings. The van der Waals surface area contributed by atoms with Gasteiger partial charge in [-0.3, -0.25) is 0 Å². The van der Waals surface area contributed by atoms with Crippen LogP contribution in [0.2, 0.25) is 0 Å². The Balaban J connectivity index is 1.91. The zero-order valence-electron chi connectivity index (χ0n) is 15.7. The number of methoxy groups -OCH3 is 2. The van der Waals surface area contributed by atoms with Crippen LogP contribution in [0.25, 0.3) is 0 Å². The molecule has 1 fully saturated rings. The van der Waals surface area contributed by atoms with Crippen molar-refractivity contribution in [1.29, 1.82) is 0 Å². The van der Waals surface area contributed by atoms with Gasteiger partial charge in [-0.1, -0.05) is 18.2 Å². The molecular weight excluding hydrogens is 318 g/mol. The lowest BCUT2D eigenvalue weighted by Gasteiger charge is -2.22. The molecular formula is C19H31N3O3. The summed E-state index contributed by atoms with van der Waals surface area (Å²) in [4.78, 5) is 7.13. The summed E-state index contributed by atoms with van der Waals surface area (Å²) in [5, 5.41) is 3.40. The molecule has 1 aromatic carbocycles. The minimum atomic E-state index is 0.548. The lowest BCUT2D eigenvalue weighted by Crippen LogP contribution is -2.40. The maximum Gasteiger partial charge on any atom is 0.194 e. The Kier molecular flexibility index (Phi) is 8.55. The molecule has 0 amide bonds. The third kappa shape index (κ3) is 6.21. The van der Waals surface area contributed by atoms with Gasteiger partial charge in [0.15, 0.2) is 5.96 Å². The van der Waals surface area contributed by atoms with Gasteiger partial charge < -0.3 is 24.4 Å². The lowest BCUT2D eigenvalue weighted by atomic mass is 10.1. The highest BCUT2D eigenvalue weighted by Crippen LogP contribution is 2.20. The fraction of sp³-hybridized carbons (Fsp3) is 0.632. The van der Waals surface area contributed by atoms with E-state index >= 15 is 0 Å². The molecule has 0 radical (unpaired) electrons. The predicted octanol–water partition coefficient (Wildman–Crippen LogP) is 2.15. The minimum Gasteiger partial charge on any atom is -0.496 e. The normalized spacial score (nSPS) is 17.8. The molecule has 1 heterocycles. The molecule has 6 nitrogen and oxygen atoms in total. The first-order valence-electron chi connectivity index (χ1n) is 9.00. The Labute approximate surface area is 151 Å². The standard InChI is InChI=1S/C19H31N3O3/c1-4-20-19(21-13-17-7-5-6-8-18(17)24-3)22-10-9-16(14-22)15-25-12-11-23-2/h5-8,16H,4,9-15H2,1-3H3,(H,20,21). The molecule has 1 saturated heterocycles. The highest BCUT2D eigenvalue weighted by Gasteiger charge is 2.25. The SMILES string of the molecule is CCNC(=NCc1ccccc1OC)N1CCC(COCCOC)C1. The van der Waals surface area contributed by atoms with E-state index in [9.17, 15) is 0 Å². The summed E-state index contributed by atoms with van der Waals surface area (Å²) in [6.45, 7) is 7.65. The Morgan fingerprint density at radius 3 is 2.88 bits per heavy atom. The number of hydrogen-bond donors (Lipinski definition) is 1. The molecule has 1 unspecified atom stereocenters. The van der Waals surface area contributed by atoms with Gasteiger partial charge in [0.05, 0.1) is 33.5 Å². The quantitative estimate of drug-likeness (QED) is 0.421. The van der Waals surface area contributed by atoms with Crippen molar-refractivity contribution in [1.82, 2.24) is 10.2 Å². The molecule has 1 atom stereocenters. The minimum absolute atomic E-state index is 0.548. The third-order valence-electron chi connectivity index (χ3n) is 4.30. The van der Waals surface area contributed by atoms with Gasteiger partial charge in [-0.05, 0) is 19.4 Å². The van der Waals surface area contributed by atoms with E-state index in [0.29, 0.717) is 25.7 Å². The van der Waals surface area contributed by atoms with Crippen LogP contribution in [-0.4, -0.2) is 64.5 Å². The van der Waals surface area contributed by atoms with Gasteiger partial charge in [0.25, 0.3) is 0 Å². The summed E-state index contributed by atoms with van der Waals surface area (Å²) in [6.07, 6.45) is 1.13. The average Bonchev–Trinajstić information content (AvgIpc) is 3.11. The summed E-state index contributed by atoms with van der Waals surface area (Å²) in [5.41, 5.74) is 1.10. The van der Waals surface area contributed by atoms with Gasteiger partial charge in [-0.2, -0.15) is 0 Å². The number of rotatable bonds is 9. The Bertz CT molecular complexity index is 536. The van der Waals surface area contributed by atoms with Crippen LogP contribution in [0.15, 0.2) is 29.3 Å². The van der Waals surface area contributed by atoms with E-state index in [1.54, 1.807) is 14.2 Å². The van der Waals surface area contributed by atoms with Crippen molar-refractivity contribution in [3.05, 3.63) is 29.8 Å². The maximum absolute atomic E-state index is 5.68. The topological polar surface area (TPSA) is 55.3 Å². The Morgan fingerprint density at radius 1 is 1.28 bits per heavy atom. The first-order chi connectivity index (χ1) is 12.3.